The van der Waals surface area contributed by atoms with Gasteiger partial charge in [-0.3, -0.25) is 14.7 Å². The molecule has 0 fully saturated rings. The Labute approximate surface area is 167 Å². The van der Waals surface area contributed by atoms with Gasteiger partial charge < -0.3 is 4.74 Å². The lowest BCUT2D eigenvalue weighted by Crippen LogP contribution is -2.17. The highest BCUT2D eigenvalue weighted by molar-refractivity contribution is 7.71. The van der Waals surface area contributed by atoms with E-state index >= 15 is 0 Å². The van der Waals surface area contributed by atoms with Crippen LogP contribution in [0.15, 0.2) is 48.5 Å². The summed E-state index contributed by atoms with van der Waals surface area (Å²) in [5, 5.41) is 11.3. The fraction of sp³-hybridized carbons (Fsp3) is 0.238. The van der Waals surface area contributed by atoms with Crippen LogP contribution in [0.3, 0.4) is 0 Å². The van der Waals surface area contributed by atoms with E-state index < -0.39 is 4.92 Å². The van der Waals surface area contributed by atoms with Crippen LogP contribution in [0.25, 0.3) is 17.1 Å². The predicted octanol–water partition coefficient (Wildman–Crippen LogP) is 5.06. The third-order valence-corrected chi connectivity index (χ3v) is 5.35. The van der Waals surface area contributed by atoms with E-state index in [1.165, 1.54) is 6.07 Å². The molecule has 1 heterocycles. The Hall–Kier alpha value is -3.06. The average Bonchev–Trinajstić information content (AvgIpc) is 2.74. The number of non-ortho nitro benzene ring substituents is 1. The number of ether oxygens (including phenoxy) is 1. The molecule has 1 aromatic heterocycles. The minimum absolute atomic E-state index is 0.0279. The van der Waals surface area contributed by atoms with Gasteiger partial charge in [-0.05, 0) is 37.8 Å². The summed E-state index contributed by atoms with van der Waals surface area (Å²) in [5.74, 6) is 1.35. The van der Waals surface area contributed by atoms with Crippen LogP contribution in [0.1, 0.15) is 24.1 Å². The zero-order chi connectivity index (χ0) is 19.7. The number of nitro groups is 1. The molecule has 0 N–H and O–H groups in total. The molecule has 2 aromatic carbocycles. The van der Waals surface area contributed by atoms with E-state index in [0.29, 0.717) is 16.0 Å². The van der Waals surface area contributed by atoms with Crippen LogP contribution in [0.2, 0.25) is 0 Å². The lowest BCUT2D eigenvalue weighted by atomic mass is 9.96. The van der Waals surface area contributed by atoms with Gasteiger partial charge in [0, 0.05) is 35.0 Å². The van der Waals surface area contributed by atoms with E-state index in [1.807, 2.05) is 30.3 Å². The molecule has 0 saturated heterocycles. The van der Waals surface area contributed by atoms with E-state index in [-0.39, 0.29) is 5.69 Å². The minimum atomic E-state index is -0.396. The molecule has 1 aliphatic carbocycles. The maximum Gasteiger partial charge on any atom is 0.270 e. The zero-order valence-corrected chi connectivity index (χ0v) is 16.2. The maximum atomic E-state index is 11.3. The first kappa shape index (κ1) is 18.3. The average molecular weight is 393 g/mol. The van der Waals surface area contributed by atoms with Crippen LogP contribution in [0.5, 0.6) is 5.75 Å². The molecule has 0 spiro atoms. The number of hydrogen-bond donors (Lipinski definition) is 0. The molecular formula is C21H19N3O3S. The van der Waals surface area contributed by atoms with Gasteiger partial charge >= 0.3 is 0 Å². The molecular weight excluding hydrogens is 374 g/mol. The first-order valence-electron chi connectivity index (χ1n) is 9.12. The van der Waals surface area contributed by atoms with E-state index in [2.05, 4.69) is 4.57 Å². The number of aromatic nitrogens is 2. The van der Waals surface area contributed by atoms with Crippen LogP contribution in [-0.2, 0) is 12.8 Å². The Balaban J connectivity index is 2.03. The van der Waals surface area contributed by atoms with Crippen molar-refractivity contribution in [2.75, 3.05) is 7.11 Å². The molecule has 142 valence electrons. The van der Waals surface area contributed by atoms with E-state index in [9.17, 15) is 10.1 Å². The van der Waals surface area contributed by atoms with Gasteiger partial charge in [0.15, 0.2) is 0 Å². The summed E-state index contributed by atoms with van der Waals surface area (Å²) in [7, 11) is 1.63. The highest BCUT2D eigenvalue weighted by Gasteiger charge is 2.21. The second-order valence-electron chi connectivity index (χ2n) is 6.72. The summed E-state index contributed by atoms with van der Waals surface area (Å²) >= 11 is 5.59. The van der Waals surface area contributed by atoms with Gasteiger partial charge in [-0.2, -0.15) is 0 Å². The smallest absolute Gasteiger partial charge is 0.270 e. The quantitative estimate of drug-likeness (QED) is 0.352. The van der Waals surface area contributed by atoms with Gasteiger partial charge in [-0.15, -0.1) is 0 Å². The van der Waals surface area contributed by atoms with Crippen molar-refractivity contribution in [1.82, 2.24) is 9.55 Å². The molecule has 1 aliphatic rings. The topological polar surface area (TPSA) is 70.2 Å². The van der Waals surface area contributed by atoms with E-state index in [0.717, 1.165) is 48.4 Å². The molecule has 0 bridgehead atoms. The summed E-state index contributed by atoms with van der Waals surface area (Å²) in [6.45, 7) is 0. The van der Waals surface area contributed by atoms with Crippen molar-refractivity contribution in [2.45, 2.75) is 25.7 Å². The van der Waals surface area contributed by atoms with Crippen molar-refractivity contribution < 1.29 is 9.66 Å². The van der Waals surface area contributed by atoms with E-state index in [1.54, 1.807) is 19.2 Å². The van der Waals surface area contributed by atoms with Gasteiger partial charge in [-0.1, -0.05) is 30.4 Å². The van der Waals surface area contributed by atoms with Crippen molar-refractivity contribution in [2.24, 2.45) is 0 Å². The normalized spacial score (nSPS) is 13.0. The zero-order valence-electron chi connectivity index (χ0n) is 15.4. The number of nitrogens with zero attached hydrogens (tertiary/aromatic N) is 3. The minimum Gasteiger partial charge on any atom is -0.497 e. The molecule has 0 aliphatic heterocycles. The number of rotatable bonds is 4. The van der Waals surface area contributed by atoms with E-state index in [4.69, 9.17) is 21.9 Å². The SMILES string of the molecule is COc1cccc(-n2c(-c3cccc([N+](=O)[O-])c3)nc(=S)c3c2CCCC3)c1. The second kappa shape index (κ2) is 7.52. The molecule has 0 radical (unpaired) electrons. The van der Waals surface area contributed by atoms with Crippen LogP contribution in [0.4, 0.5) is 5.69 Å². The number of nitro benzene ring substituents is 1. The lowest BCUT2D eigenvalue weighted by molar-refractivity contribution is -0.384. The standard InChI is InChI=1S/C21H19N3O3S/c1-27-17-9-5-7-15(13-17)23-19-11-3-2-10-18(19)21(28)22-20(23)14-6-4-8-16(12-14)24(25)26/h4-9,12-13H,2-3,10-11H2,1H3. The van der Waals surface area contributed by atoms with Crippen molar-refractivity contribution in [3.05, 3.63) is 74.5 Å². The van der Waals surface area contributed by atoms with Crippen LogP contribution in [-0.4, -0.2) is 21.6 Å². The second-order valence-corrected chi connectivity index (χ2v) is 7.10. The highest BCUT2D eigenvalue weighted by atomic mass is 32.1. The fourth-order valence-corrected chi connectivity index (χ4v) is 3.99. The Bertz CT molecular complexity index is 1120. The Kier molecular flexibility index (Phi) is 4.92. The summed E-state index contributed by atoms with van der Waals surface area (Å²) < 4.78 is 8.05. The molecule has 0 amide bonds. The monoisotopic (exact) mass is 393 g/mol. The summed E-state index contributed by atoms with van der Waals surface area (Å²) in [6, 6.07) is 14.3. The molecule has 3 aromatic rings. The third-order valence-electron chi connectivity index (χ3n) is 5.01. The van der Waals surface area contributed by atoms with Gasteiger partial charge in [0.25, 0.3) is 5.69 Å². The van der Waals surface area contributed by atoms with Gasteiger partial charge in [0.1, 0.15) is 16.2 Å². The number of methoxy groups -OCH3 is 1. The first-order chi connectivity index (χ1) is 13.6. The molecule has 0 atom stereocenters. The van der Waals surface area contributed by atoms with Crippen LogP contribution in [0, 0.1) is 14.8 Å². The predicted molar refractivity (Wildman–Crippen MR) is 110 cm³/mol. The third kappa shape index (κ3) is 3.29. The highest BCUT2D eigenvalue weighted by Crippen LogP contribution is 2.32. The largest absolute Gasteiger partial charge is 0.497 e. The lowest BCUT2D eigenvalue weighted by Gasteiger charge is -2.24. The van der Waals surface area contributed by atoms with Crippen molar-refractivity contribution in [3.8, 4) is 22.8 Å². The van der Waals surface area contributed by atoms with Crippen LogP contribution < -0.4 is 4.74 Å². The number of benzene rings is 2. The van der Waals surface area contributed by atoms with Gasteiger partial charge in [0.2, 0.25) is 0 Å². The Morgan fingerprint density at radius 2 is 1.93 bits per heavy atom. The summed E-state index contributed by atoms with van der Waals surface area (Å²) in [4.78, 5) is 15.6. The summed E-state index contributed by atoms with van der Waals surface area (Å²) in [5.41, 5.74) is 3.82. The van der Waals surface area contributed by atoms with Crippen molar-refractivity contribution in [1.29, 1.82) is 0 Å². The maximum absolute atomic E-state index is 11.3. The van der Waals surface area contributed by atoms with Gasteiger partial charge in [0.05, 0.1) is 17.7 Å². The van der Waals surface area contributed by atoms with Gasteiger partial charge in [-0.25, -0.2) is 4.98 Å². The number of fused-ring (bicyclic) bond motifs is 1. The fourth-order valence-electron chi connectivity index (χ4n) is 3.69. The van der Waals surface area contributed by atoms with Crippen LogP contribution >= 0.6 is 12.2 Å². The molecule has 0 saturated carbocycles. The Morgan fingerprint density at radius 1 is 1.14 bits per heavy atom. The van der Waals surface area contributed by atoms with Crippen molar-refractivity contribution in [3.63, 3.8) is 0 Å². The molecule has 0 unspecified atom stereocenters. The van der Waals surface area contributed by atoms with Crippen molar-refractivity contribution >= 4 is 17.9 Å². The molecule has 4 rings (SSSR count). The molecule has 28 heavy (non-hydrogen) atoms. The first-order valence-corrected chi connectivity index (χ1v) is 9.53. The summed E-state index contributed by atoms with van der Waals surface area (Å²) in [6.07, 6.45) is 3.96. The molecule has 6 nitrogen and oxygen atoms in total. The Morgan fingerprint density at radius 3 is 2.71 bits per heavy atom. The number of hydrogen-bond acceptors (Lipinski definition) is 5. The molecule has 7 heteroatoms.